The molecule has 3 aromatic heterocycles. The van der Waals surface area contributed by atoms with E-state index in [9.17, 15) is 32.7 Å². The Hall–Kier alpha value is -4.41. The van der Waals surface area contributed by atoms with Crippen LogP contribution in [0.4, 0.5) is 13.2 Å². The fraction of sp³-hybridized carbons (Fsp3) is 0.393. The summed E-state index contributed by atoms with van der Waals surface area (Å²) in [5.41, 5.74) is 4.71. The highest BCUT2D eigenvalue weighted by molar-refractivity contribution is 6.30. The molecule has 1 atom stereocenters. The smallest absolute Gasteiger partial charge is 0.416 e. The minimum Gasteiger partial charge on any atom is -0.462 e. The van der Waals surface area contributed by atoms with Gasteiger partial charge in [-0.3, -0.25) is 14.3 Å². The van der Waals surface area contributed by atoms with Crippen LogP contribution in [0.1, 0.15) is 60.4 Å². The molecule has 0 saturated heterocycles. The number of esters is 1. The number of ether oxygens (including phenoxy) is 1. The Kier molecular flexibility index (Phi) is 9.89. The van der Waals surface area contributed by atoms with Gasteiger partial charge in [-0.1, -0.05) is 11.6 Å². The van der Waals surface area contributed by atoms with Crippen molar-refractivity contribution in [2.24, 2.45) is 5.73 Å². The Morgan fingerprint density at radius 1 is 1.13 bits per heavy atom. The minimum absolute atomic E-state index is 0.0316. The number of pyridine rings is 1. The molecule has 0 bridgehead atoms. The summed E-state index contributed by atoms with van der Waals surface area (Å²) in [5, 5.41) is 18.7. The molecule has 0 saturated carbocycles. The van der Waals surface area contributed by atoms with Crippen molar-refractivity contribution in [1.29, 1.82) is 0 Å². The Bertz CT molecular complexity index is 1740. The zero-order chi connectivity index (χ0) is 33.1. The van der Waals surface area contributed by atoms with Crippen molar-refractivity contribution in [3.8, 4) is 17.1 Å². The van der Waals surface area contributed by atoms with Gasteiger partial charge in [0.15, 0.2) is 29.4 Å². The average molecular weight is 651 g/mol. The van der Waals surface area contributed by atoms with Crippen LogP contribution < -0.4 is 11.4 Å². The SMILES string of the molecule is CCOC(=O)c1ccncc1-n1nc(Cn2nc(-c3ccc(Cl)cc3)n(C[C@H](O)C(F)(F)F)c2=O)nc1C(=O)CCC(C)(C)N. The number of aliphatic hydroxyl groups excluding tert-OH is 1. The molecule has 0 unspecified atom stereocenters. The van der Waals surface area contributed by atoms with Gasteiger partial charge in [0.2, 0.25) is 0 Å². The van der Waals surface area contributed by atoms with Gasteiger partial charge in [0, 0.05) is 28.7 Å². The Morgan fingerprint density at radius 2 is 1.82 bits per heavy atom. The number of hydrogen-bond donors (Lipinski definition) is 2. The van der Waals surface area contributed by atoms with Gasteiger partial charge in [-0.15, -0.1) is 10.2 Å². The van der Waals surface area contributed by atoms with E-state index in [0.717, 1.165) is 9.36 Å². The Labute approximate surface area is 259 Å². The number of benzene rings is 1. The molecule has 4 aromatic rings. The fourth-order valence-corrected chi connectivity index (χ4v) is 4.31. The second kappa shape index (κ2) is 13.3. The maximum atomic E-state index is 13.4. The molecule has 0 spiro atoms. The van der Waals surface area contributed by atoms with Crippen molar-refractivity contribution in [3.05, 3.63) is 75.4 Å². The maximum Gasteiger partial charge on any atom is 0.416 e. The van der Waals surface area contributed by atoms with Crippen LogP contribution in [-0.4, -0.2) is 75.4 Å². The van der Waals surface area contributed by atoms with Crippen LogP contribution in [0, 0.1) is 0 Å². The van der Waals surface area contributed by atoms with Crippen molar-refractivity contribution in [1.82, 2.24) is 34.1 Å². The van der Waals surface area contributed by atoms with Crippen LogP contribution in [0.3, 0.4) is 0 Å². The van der Waals surface area contributed by atoms with Crippen LogP contribution in [0.25, 0.3) is 17.1 Å². The number of rotatable bonds is 12. The van der Waals surface area contributed by atoms with Crippen LogP contribution in [0.2, 0.25) is 5.02 Å². The van der Waals surface area contributed by atoms with E-state index in [1.807, 2.05) is 0 Å². The summed E-state index contributed by atoms with van der Waals surface area (Å²) in [4.78, 5) is 47.8. The molecule has 1 aromatic carbocycles. The summed E-state index contributed by atoms with van der Waals surface area (Å²) in [6.07, 6.45) is -4.99. The van der Waals surface area contributed by atoms with Gasteiger partial charge in [0.05, 0.1) is 24.9 Å². The standard InChI is InChI=1S/C28H30ClF3N8O5/c1-4-45-25(43)18-10-12-34-13-19(18)40-24(20(41)9-11-27(2,3)33)35-22(36-40)15-39-26(44)38(14-21(42)28(30,31)32)23(37-39)16-5-7-17(29)8-6-16/h5-8,10,12-13,21,42H,4,9,11,14-15,33H2,1-3H3/t21-/m0/s1. The van der Waals surface area contributed by atoms with Crippen LogP contribution in [0.15, 0.2) is 47.5 Å². The maximum absolute atomic E-state index is 13.4. The van der Waals surface area contributed by atoms with E-state index in [-0.39, 0.29) is 53.7 Å². The van der Waals surface area contributed by atoms with Gasteiger partial charge >= 0.3 is 17.8 Å². The number of alkyl halides is 3. The van der Waals surface area contributed by atoms with Crippen molar-refractivity contribution >= 4 is 23.4 Å². The number of hydrogen-bond acceptors (Lipinski definition) is 10. The summed E-state index contributed by atoms with van der Waals surface area (Å²) < 4.78 is 47.5. The van der Waals surface area contributed by atoms with E-state index in [1.54, 1.807) is 20.8 Å². The third-order valence-electron chi connectivity index (χ3n) is 6.47. The van der Waals surface area contributed by atoms with Crippen LogP contribution >= 0.6 is 11.6 Å². The van der Waals surface area contributed by atoms with Crippen LogP contribution in [0.5, 0.6) is 0 Å². The van der Waals surface area contributed by atoms with Gasteiger partial charge in [-0.2, -0.15) is 13.2 Å². The van der Waals surface area contributed by atoms with Crippen molar-refractivity contribution in [2.45, 2.75) is 64.5 Å². The molecule has 3 N–H and O–H groups in total. The Balaban J connectivity index is 1.82. The molecule has 4 rings (SSSR count). The topological polar surface area (TPSA) is 173 Å². The number of Topliss-reactive ketones (excluding diaryl/α,β-unsaturated/α-hetero) is 1. The van der Waals surface area contributed by atoms with Gasteiger partial charge in [-0.25, -0.2) is 23.9 Å². The number of nitrogens with zero attached hydrogens (tertiary/aromatic N) is 7. The predicted octanol–water partition coefficient (Wildman–Crippen LogP) is 3.19. The third kappa shape index (κ3) is 8.01. The number of carbonyl (C=O) groups is 2. The molecule has 17 heteroatoms. The second-order valence-electron chi connectivity index (χ2n) is 10.7. The van der Waals surface area contributed by atoms with Crippen LogP contribution in [-0.2, 0) is 17.8 Å². The number of aromatic nitrogens is 7. The van der Waals surface area contributed by atoms with Crippen molar-refractivity contribution in [3.63, 3.8) is 0 Å². The van der Waals surface area contributed by atoms with Crippen molar-refractivity contribution < 1.29 is 32.6 Å². The molecule has 13 nitrogen and oxygen atoms in total. The summed E-state index contributed by atoms with van der Waals surface area (Å²) in [6.45, 7) is 3.56. The first-order chi connectivity index (χ1) is 21.1. The largest absolute Gasteiger partial charge is 0.462 e. The van der Waals surface area contributed by atoms with E-state index in [1.165, 1.54) is 42.7 Å². The highest BCUT2D eigenvalue weighted by Gasteiger charge is 2.39. The predicted molar refractivity (Wildman–Crippen MR) is 155 cm³/mol. The highest BCUT2D eigenvalue weighted by Crippen LogP contribution is 2.24. The van der Waals surface area contributed by atoms with Gasteiger partial charge < -0.3 is 15.6 Å². The fourth-order valence-electron chi connectivity index (χ4n) is 4.19. The molecular weight excluding hydrogens is 621 g/mol. The first-order valence-corrected chi connectivity index (χ1v) is 14.0. The minimum atomic E-state index is -5.01. The lowest BCUT2D eigenvalue weighted by molar-refractivity contribution is -0.207. The van der Waals surface area contributed by atoms with E-state index in [2.05, 4.69) is 20.2 Å². The van der Waals surface area contributed by atoms with Gasteiger partial charge in [0.1, 0.15) is 12.2 Å². The molecule has 45 heavy (non-hydrogen) atoms. The lowest BCUT2D eigenvalue weighted by Gasteiger charge is -2.17. The van der Waals surface area contributed by atoms with E-state index >= 15 is 0 Å². The number of nitrogens with two attached hydrogens (primary N) is 1. The Morgan fingerprint density at radius 3 is 2.44 bits per heavy atom. The first kappa shape index (κ1) is 33.5. The lowest BCUT2D eigenvalue weighted by Crippen LogP contribution is -2.37. The molecule has 0 aliphatic carbocycles. The van der Waals surface area contributed by atoms with E-state index < -0.39 is 48.4 Å². The highest BCUT2D eigenvalue weighted by atomic mass is 35.5. The monoisotopic (exact) mass is 650 g/mol. The zero-order valence-electron chi connectivity index (χ0n) is 24.5. The third-order valence-corrected chi connectivity index (χ3v) is 6.72. The molecule has 3 heterocycles. The quantitative estimate of drug-likeness (QED) is 0.171. The van der Waals surface area contributed by atoms with Gasteiger partial charge in [-0.05, 0) is 57.5 Å². The molecule has 0 fully saturated rings. The summed E-state index contributed by atoms with van der Waals surface area (Å²) in [5.74, 6) is -1.71. The summed E-state index contributed by atoms with van der Waals surface area (Å²) in [6, 6.07) is 7.20. The normalized spacial score (nSPS) is 12.7. The number of halogens is 4. The summed E-state index contributed by atoms with van der Waals surface area (Å²) in [7, 11) is 0. The molecule has 0 radical (unpaired) electrons. The zero-order valence-corrected chi connectivity index (χ0v) is 25.2. The average Bonchev–Trinajstić information content (AvgIpc) is 3.52. The lowest BCUT2D eigenvalue weighted by atomic mass is 9.98. The van der Waals surface area contributed by atoms with E-state index in [4.69, 9.17) is 22.1 Å². The molecule has 0 aliphatic rings. The number of ketones is 1. The first-order valence-electron chi connectivity index (χ1n) is 13.7. The molecule has 240 valence electrons. The van der Waals surface area contributed by atoms with Gasteiger partial charge in [0.25, 0.3) is 0 Å². The number of aliphatic hydroxyl groups is 1. The molecule has 0 aliphatic heterocycles. The summed E-state index contributed by atoms with van der Waals surface area (Å²) >= 11 is 5.95. The second-order valence-corrected chi connectivity index (χ2v) is 11.2. The molecule has 0 amide bonds. The molecular formula is C28H30ClF3N8O5. The van der Waals surface area contributed by atoms with Crippen molar-refractivity contribution in [2.75, 3.05) is 6.61 Å². The van der Waals surface area contributed by atoms with E-state index in [0.29, 0.717) is 9.59 Å². The number of carbonyl (C=O) groups excluding carboxylic acids is 2.